The number of aromatic nitrogens is 2. The van der Waals surface area contributed by atoms with Crippen LogP contribution in [0.25, 0.3) is 0 Å². The highest BCUT2D eigenvalue weighted by Gasteiger charge is 2.15. The standard InChI is InChI=1S/C18H18BrN3O/c19-15-8-4-7-14(11-15)12-17-21-18(23-22-17)16(20)10-9-13-5-2-1-3-6-13/h1-8,11,16H,9-10,12,20H2/t16-/m1/s1. The van der Waals surface area contributed by atoms with E-state index in [9.17, 15) is 0 Å². The van der Waals surface area contributed by atoms with Gasteiger partial charge in [-0.15, -0.1) is 0 Å². The van der Waals surface area contributed by atoms with Crippen molar-refractivity contribution >= 4 is 15.9 Å². The summed E-state index contributed by atoms with van der Waals surface area (Å²) in [5, 5.41) is 4.04. The number of hydrogen-bond donors (Lipinski definition) is 1. The highest BCUT2D eigenvalue weighted by atomic mass is 79.9. The van der Waals surface area contributed by atoms with Crippen LogP contribution in [0.2, 0.25) is 0 Å². The first kappa shape index (κ1) is 15.9. The monoisotopic (exact) mass is 371 g/mol. The number of hydrogen-bond acceptors (Lipinski definition) is 4. The number of benzene rings is 2. The average Bonchev–Trinajstić information content (AvgIpc) is 3.02. The van der Waals surface area contributed by atoms with Gasteiger partial charge in [-0.1, -0.05) is 63.6 Å². The Bertz CT molecular complexity index is 758. The Hall–Kier alpha value is -1.98. The highest BCUT2D eigenvalue weighted by Crippen LogP contribution is 2.18. The van der Waals surface area contributed by atoms with E-state index < -0.39 is 0 Å². The zero-order valence-electron chi connectivity index (χ0n) is 12.7. The minimum Gasteiger partial charge on any atom is -0.338 e. The van der Waals surface area contributed by atoms with Gasteiger partial charge in [0.05, 0.1) is 6.04 Å². The zero-order chi connectivity index (χ0) is 16.1. The first-order chi connectivity index (χ1) is 11.2. The molecule has 1 heterocycles. The lowest BCUT2D eigenvalue weighted by molar-refractivity contribution is 0.345. The second-order valence-electron chi connectivity index (χ2n) is 5.49. The van der Waals surface area contributed by atoms with E-state index in [0.29, 0.717) is 18.1 Å². The van der Waals surface area contributed by atoms with E-state index in [2.05, 4.69) is 38.2 Å². The number of nitrogens with two attached hydrogens (primary N) is 1. The first-order valence-corrected chi connectivity index (χ1v) is 8.36. The molecule has 2 aromatic carbocycles. The van der Waals surface area contributed by atoms with E-state index >= 15 is 0 Å². The van der Waals surface area contributed by atoms with Crippen LogP contribution in [0, 0.1) is 0 Å². The summed E-state index contributed by atoms with van der Waals surface area (Å²) in [5.74, 6) is 1.17. The van der Waals surface area contributed by atoms with Crippen LogP contribution in [0.5, 0.6) is 0 Å². The Labute approximate surface area is 143 Å². The molecule has 0 amide bonds. The molecule has 2 N–H and O–H groups in total. The maximum Gasteiger partial charge on any atom is 0.243 e. The largest absolute Gasteiger partial charge is 0.338 e. The summed E-state index contributed by atoms with van der Waals surface area (Å²) in [5.41, 5.74) is 8.56. The SMILES string of the molecule is N[C@H](CCc1ccccc1)c1nc(Cc2cccc(Br)c2)no1. The summed E-state index contributed by atoms with van der Waals surface area (Å²) in [6, 6.07) is 18.1. The maximum absolute atomic E-state index is 6.17. The van der Waals surface area contributed by atoms with E-state index in [1.54, 1.807) is 0 Å². The molecule has 118 valence electrons. The minimum atomic E-state index is -0.237. The van der Waals surface area contributed by atoms with Crippen LogP contribution in [0.4, 0.5) is 0 Å². The first-order valence-electron chi connectivity index (χ1n) is 7.57. The van der Waals surface area contributed by atoms with Gasteiger partial charge in [0, 0.05) is 10.9 Å². The molecular formula is C18H18BrN3O. The highest BCUT2D eigenvalue weighted by molar-refractivity contribution is 9.10. The number of halogens is 1. The van der Waals surface area contributed by atoms with Crippen molar-refractivity contribution in [1.82, 2.24) is 10.1 Å². The lowest BCUT2D eigenvalue weighted by Crippen LogP contribution is -2.12. The molecule has 1 aromatic heterocycles. The van der Waals surface area contributed by atoms with Crippen LogP contribution >= 0.6 is 15.9 Å². The summed E-state index contributed by atoms with van der Waals surface area (Å²) in [7, 11) is 0. The third-order valence-corrected chi connectivity index (χ3v) is 4.13. The topological polar surface area (TPSA) is 64.9 Å². The van der Waals surface area contributed by atoms with E-state index in [1.165, 1.54) is 5.56 Å². The Balaban J connectivity index is 1.60. The molecule has 3 rings (SSSR count). The average molecular weight is 372 g/mol. The van der Waals surface area contributed by atoms with Gasteiger partial charge in [0.1, 0.15) is 0 Å². The molecular weight excluding hydrogens is 354 g/mol. The Morgan fingerprint density at radius 1 is 1.04 bits per heavy atom. The van der Waals surface area contributed by atoms with E-state index in [-0.39, 0.29) is 6.04 Å². The van der Waals surface area contributed by atoms with Crippen LogP contribution in [0.15, 0.2) is 63.6 Å². The van der Waals surface area contributed by atoms with Gasteiger partial charge < -0.3 is 10.3 Å². The number of nitrogens with zero attached hydrogens (tertiary/aromatic N) is 2. The van der Waals surface area contributed by atoms with Crippen molar-refractivity contribution in [3.05, 3.63) is 81.9 Å². The molecule has 0 aliphatic carbocycles. The molecule has 0 fully saturated rings. The van der Waals surface area contributed by atoms with Gasteiger partial charge in [-0.2, -0.15) is 4.98 Å². The molecule has 3 aromatic rings. The molecule has 0 bridgehead atoms. The smallest absolute Gasteiger partial charge is 0.243 e. The molecule has 0 aliphatic heterocycles. The van der Waals surface area contributed by atoms with Crippen LogP contribution < -0.4 is 5.73 Å². The van der Waals surface area contributed by atoms with Crippen LogP contribution in [-0.2, 0) is 12.8 Å². The molecule has 5 heteroatoms. The zero-order valence-corrected chi connectivity index (χ0v) is 14.2. The molecule has 0 saturated heterocycles. The van der Waals surface area contributed by atoms with Crippen LogP contribution in [0.1, 0.15) is 35.3 Å². The number of rotatable bonds is 6. The van der Waals surface area contributed by atoms with Gasteiger partial charge in [-0.05, 0) is 36.1 Å². The van der Waals surface area contributed by atoms with Gasteiger partial charge in [0.15, 0.2) is 5.82 Å². The van der Waals surface area contributed by atoms with Crippen molar-refractivity contribution in [3.63, 3.8) is 0 Å². The van der Waals surface area contributed by atoms with Gasteiger partial charge in [0.2, 0.25) is 5.89 Å². The summed E-state index contributed by atoms with van der Waals surface area (Å²) < 4.78 is 6.36. The minimum absolute atomic E-state index is 0.237. The van der Waals surface area contributed by atoms with Crippen molar-refractivity contribution in [2.75, 3.05) is 0 Å². The normalized spacial score (nSPS) is 12.3. The van der Waals surface area contributed by atoms with Crippen molar-refractivity contribution < 1.29 is 4.52 Å². The molecule has 0 unspecified atom stereocenters. The Morgan fingerprint density at radius 2 is 1.83 bits per heavy atom. The lowest BCUT2D eigenvalue weighted by atomic mass is 10.1. The Kier molecular flexibility index (Phi) is 5.20. The molecule has 0 spiro atoms. The van der Waals surface area contributed by atoms with Crippen molar-refractivity contribution in [2.45, 2.75) is 25.3 Å². The van der Waals surface area contributed by atoms with Gasteiger partial charge in [-0.25, -0.2) is 0 Å². The summed E-state index contributed by atoms with van der Waals surface area (Å²) in [4.78, 5) is 4.43. The molecule has 0 saturated carbocycles. The predicted octanol–water partition coefficient (Wildman–Crippen LogP) is 4.06. The third kappa shape index (κ3) is 4.50. The third-order valence-electron chi connectivity index (χ3n) is 3.64. The fourth-order valence-electron chi connectivity index (χ4n) is 2.41. The van der Waals surface area contributed by atoms with Gasteiger partial charge in [-0.3, -0.25) is 0 Å². The van der Waals surface area contributed by atoms with Crippen LogP contribution in [0.3, 0.4) is 0 Å². The molecule has 1 atom stereocenters. The second-order valence-corrected chi connectivity index (χ2v) is 6.40. The summed E-state index contributed by atoms with van der Waals surface area (Å²) in [6.07, 6.45) is 2.31. The number of aryl methyl sites for hydroxylation is 1. The van der Waals surface area contributed by atoms with E-state index in [4.69, 9.17) is 10.3 Å². The molecule has 0 radical (unpaired) electrons. The van der Waals surface area contributed by atoms with E-state index in [0.717, 1.165) is 22.9 Å². The van der Waals surface area contributed by atoms with Gasteiger partial charge in [0.25, 0.3) is 0 Å². The lowest BCUT2D eigenvalue weighted by Gasteiger charge is -2.06. The van der Waals surface area contributed by atoms with Crippen LogP contribution in [-0.4, -0.2) is 10.1 Å². The van der Waals surface area contributed by atoms with Crippen molar-refractivity contribution in [3.8, 4) is 0 Å². The second kappa shape index (κ2) is 7.53. The summed E-state index contributed by atoms with van der Waals surface area (Å²) in [6.45, 7) is 0. The Morgan fingerprint density at radius 3 is 2.61 bits per heavy atom. The van der Waals surface area contributed by atoms with Gasteiger partial charge >= 0.3 is 0 Å². The van der Waals surface area contributed by atoms with Crippen molar-refractivity contribution in [2.24, 2.45) is 5.73 Å². The maximum atomic E-state index is 6.17. The fourth-order valence-corrected chi connectivity index (χ4v) is 2.86. The predicted molar refractivity (Wildman–Crippen MR) is 92.9 cm³/mol. The quantitative estimate of drug-likeness (QED) is 0.709. The molecule has 0 aliphatic rings. The fraction of sp³-hybridized carbons (Fsp3) is 0.222. The molecule has 23 heavy (non-hydrogen) atoms. The summed E-state index contributed by atoms with van der Waals surface area (Å²) >= 11 is 3.46. The van der Waals surface area contributed by atoms with Crippen molar-refractivity contribution in [1.29, 1.82) is 0 Å². The van der Waals surface area contributed by atoms with E-state index in [1.807, 2.05) is 42.5 Å². The molecule has 4 nitrogen and oxygen atoms in total.